The van der Waals surface area contributed by atoms with E-state index in [0.717, 1.165) is 6.07 Å². The number of carbonyl (C=O) groups excluding carboxylic acids is 1. The normalized spacial score (nSPS) is 20.1. The molecule has 2 N–H and O–H groups in total. The topological polar surface area (TPSA) is 120 Å². The first-order valence-electron chi connectivity index (χ1n) is 12.2. The third kappa shape index (κ3) is 6.17. The van der Waals surface area contributed by atoms with Gasteiger partial charge in [0.25, 0.3) is 17.4 Å². The Morgan fingerprint density at radius 2 is 1.81 bits per heavy atom. The average Bonchev–Trinajstić information content (AvgIpc) is 3.32. The van der Waals surface area contributed by atoms with Crippen molar-refractivity contribution in [2.75, 3.05) is 5.32 Å². The Balaban J connectivity index is 2.01. The summed E-state index contributed by atoms with van der Waals surface area (Å²) in [6.07, 6.45) is -10.4. The van der Waals surface area contributed by atoms with Crippen molar-refractivity contribution in [2.24, 2.45) is 0 Å². The second-order valence-corrected chi connectivity index (χ2v) is 10.3. The molecule has 2 atom stereocenters. The van der Waals surface area contributed by atoms with Crippen molar-refractivity contribution in [3.8, 4) is 17.5 Å². The zero-order chi connectivity index (χ0) is 31.3. The highest BCUT2D eigenvalue weighted by Gasteiger charge is 2.61. The van der Waals surface area contributed by atoms with Crippen LogP contribution >= 0.6 is 0 Å². The molecular formula is C26H23F7N4O5. The van der Waals surface area contributed by atoms with Crippen LogP contribution in [0.5, 0.6) is 5.88 Å². The number of hydrogen-bond acceptors (Lipinski definition) is 8. The van der Waals surface area contributed by atoms with Gasteiger partial charge in [-0.2, -0.15) is 26.3 Å². The standard InChI is InChI=1S/C26H23F7N4O5/c1-12-6-5-7-13-8-9-16(27)14(10-13)24(39,26(31,32)33)21-37-36-20(41-21)18-17(34-22(38)42-23(2,3)4)11-15(25(28,29)30)19(35-18)40-12/h5,7-12,39H,6H2,1-4H3,(H,34,38)/b7-5-/t12-,24?/m1/s1. The first kappa shape index (κ1) is 30.7. The minimum Gasteiger partial charge on any atom is -0.474 e. The minimum absolute atomic E-state index is 0.00870. The molecule has 4 rings (SSSR count). The summed E-state index contributed by atoms with van der Waals surface area (Å²) in [4.78, 5) is 16.2. The molecule has 0 saturated carbocycles. The van der Waals surface area contributed by atoms with Crippen LogP contribution in [0.3, 0.4) is 0 Å². The number of benzene rings is 1. The Morgan fingerprint density at radius 3 is 2.43 bits per heavy atom. The van der Waals surface area contributed by atoms with Gasteiger partial charge in [-0.15, -0.1) is 10.2 Å². The van der Waals surface area contributed by atoms with Gasteiger partial charge in [-0.3, -0.25) is 5.32 Å². The van der Waals surface area contributed by atoms with Crippen LogP contribution < -0.4 is 10.1 Å². The molecule has 1 amide bonds. The molecule has 0 aliphatic carbocycles. The van der Waals surface area contributed by atoms with Gasteiger partial charge < -0.3 is 19.0 Å². The van der Waals surface area contributed by atoms with Gasteiger partial charge >= 0.3 is 18.4 Å². The molecule has 9 nitrogen and oxygen atoms in total. The van der Waals surface area contributed by atoms with Crippen molar-refractivity contribution in [3.63, 3.8) is 0 Å². The van der Waals surface area contributed by atoms with E-state index in [1.54, 1.807) is 0 Å². The van der Waals surface area contributed by atoms with Crippen LogP contribution in [0.2, 0.25) is 0 Å². The van der Waals surface area contributed by atoms with Crippen molar-refractivity contribution in [3.05, 3.63) is 58.7 Å². The molecule has 1 unspecified atom stereocenters. The molecule has 1 aliphatic heterocycles. The van der Waals surface area contributed by atoms with Crippen LogP contribution in [-0.4, -0.2) is 44.3 Å². The average molecular weight is 604 g/mol. The fourth-order valence-electron chi connectivity index (χ4n) is 3.87. The van der Waals surface area contributed by atoms with E-state index in [0.29, 0.717) is 18.2 Å². The number of pyridine rings is 1. The van der Waals surface area contributed by atoms with Gasteiger partial charge in [0.15, 0.2) is 5.69 Å². The first-order chi connectivity index (χ1) is 19.3. The number of hydrogen-bond donors (Lipinski definition) is 2. The number of fused-ring (bicyclic) bond motifs is 7. The van der Waals surface area contributed by atoms with Gasteiger partial charge in [0.2, 0.25) is 5.88 Å². The number of nitrogens with one attached hydrogen (secondary N) is 1. The van der Waals surface area contributed by atoms with E-state index in [1.807, 2.05) is 5.32 Å². The second kappa shape index (κ2) is 10.6. The van der Waals surface area contributed by atoms with Crippen molar-refractivity contribution < 1.29 is 54.5 Å². The van der Waals surface area contributed by atoms with Crippen molar-refractivity contribution in [1.29, 1.82) is 0 Å². The van der Waals surface area contributed by atoms with E-state index in [-0.39, 0.29) is 12.0 Å². The molecule has 0 fully saturated rings. The third-order valence-corrected chi connectivity index (χ3v) is 5.75. The SMILES string of the molecule is C[C@@H]1C/C=C\c2ccc(F)c(c2)C(O)(C(F)(F)F)c2nnc(o2)-c2nc(c(C(F)(F)F)cc2NC(=O)OC(C)(C)C)O1. The number of anilines is 1. The quantitative estimate of drug-likeness (QED) is 0.298. The maximum atomic E-state index is 14.8. The zero-order valence-corrected chi connectivity index (χ0v) is 22.3. The molecule has 226 valence electrons. The predicted octanol–water partition coefficient (Wildman–Crippen LogP) is 6.62. The number of amides is 1. The summed E-state index contributed by atoms with van der Waals surface area (Å²) in [5.41, 5.74) is -9.50. The highest BCUT2D eigenvalue weighted by molar-refractivity contribution is 5.89. The van der Waals surface area contributed by atoms with Crippen molar-refractivity contribution >= 4 is 17.9 Å². The summed E-state index contributed by atoms with van der Waals surface area (Å²) in [6, 6.07) is 2.93. The van der Waals surface area contributed by atoms with Gasteiger partial charge in [0.05, 0.1) is 5.69 Å². The molecule has 0 saturated heterocycles. The summed E-state index contributed by atoms with van der Waals surface area (Å²) < 4.78 is 116. The predicted molar refractivity (Wildman–Crippen MR) is 132 cm³/mol. The van der Waals surface area contributed by atoms with Crippen molar-refractivity contribution in [1.82, 2.24) is 15.2 Å². The molecular weight excluding hydrogens is 581 g/mol. The lowest BCUT2D eigenvalue weighted by Crippen LogP contribution is -2.44. The van der Waals surface area contributed by atoms with Gasteiger partial charge in [0.1, 0.15) is 23.1 Å². The number of rotatable bonds is 1. The number of alkyl halides is 6. The van der Waals surface area contributed by atoms with E-state index in [2.05, 4.69) is 15.2 Å². The Labute approximate surface area is 233 Å². The molecule has 3 heterocycles. The van der Waals surface area contributed by atoms with Crippen molar-refractivity contribution in [2.45, 2.75) is 63.8 Å². The Bertz CT molecular complexity index is 1530. The summed E-state index contributed by atoms with van der Waals surface area (Å²) in [5.74, 6) is -5.01. The second-order valence-electron chi connectivity index (χ2n) is 10.3. The zero-order valence-electron chi connectivity index (χ0n) is 22.3. The Morgan fingerprint density at radius 1 is 1.12 bits per heavy atom. The molecule has 16 heteroatoms. The van der Waals surface area contributed by atoms with Crippen LogP contribution in [0.15, 0.2) is 34.8 Å². The molecule has 42 heavy (non-hydrogen) atoms. The molecule has 6 bridgehead atoms. The number of aromatic nitrogens is 3. The van der Waals surface area contributed by atoms with Gasteiger partial charge in [-0.25, -0.2) is 14.2 Å². The van der Waals surface area contributed by atoms with E-state index in [1.165, 1.54) is 39.8 Å². The number of halogens is 7. The van der Waals surface area contributed by atoms with Crippen LogP contribution in [0.1, 0.15) is 56.7 Å². The third-order valence-electron chi connectivity index (χ3n) is 5.75. The fraction of sp³-hybridized carbons (Fsp3) is 0.385. The Hall–Kier alpha value is -4.21. The molecule has 3 aromatic rings. The number of nitrogens with zero attached hydrogens (tertiary/aromatic N) is 3. The number of ether oxygens (including phenoxy) is 2. The monoisotopic (exact) mass is 604 g/mol. The molecule has 2 aromatic heterocycles. The van der Waals surface area contributed by atoms with Gasteiger partial charge in [-0.05, 0) is 51.5 Å². The molecule has 0 spiro atoms. The van der Waals surface area contributed by atoms with E-state index >= 15 is 0 Å². The Kier molecular flexibility index (Phi) is 7.73. The summed E-state index contributed by atoms with van der Waals surface area (Å²) in [6.45, 7) is 5.83. The van der Waals surface area contributed by atoms with Crippen LogP contribution in [0, 0.1) is 5.82 Å². The largest absolute Gasteiger partial charge is 0.474 e. The lowest BCUT2D eigenvalue weighted by Gasteiger charge is -2.28. The summed E-state index contributed by atoms with van der Waals surface area (Å²) in [7, 11) is 0. The highest BCUT2D eigenvalue weighted by atomic mass is 19.4. The van der Waals surface area contributed by atoms with Gasteiger partial charge in [0, 0.05) is 12.0 Å². The molecule has 0 radical (unpaired) electrons. The minimum atomic E-state index is -5.62. The van der Waals surface area contributed by atoms with Crippen LogP contribution in [-0.2, 0) is 16.5 Å². The smallest absolute Gasteiger partial charge is 0.430 e. The highest BCUT2D eigenvalue weighted by Crippen LogP contribution is 2.46. The summed E-state index contributed by atoms with van der Waals surface area (Å²) >= 11 is 0. The van der Waals surface area contributed by atoms with Crippen LogP contribution in [0.25, 0.3) is 17.7 Å². The van der Waals surface area contributed by atoms with Gasteiger partial charge in [-0.1, -0.05) is 18.2 Å². The first-order valence-corrected chi connectivity index (χ1v) is 12.2. The molecule has 1 aliphatic rings. The maximum absolute atomic E-state index is 14.8. The molecule has 1 aromatic carbocycles. The fourth-order valence-corrected chi connectivity index (χ4v) is 3.87. The maximum Gasteiger partial charge on any atom is 0.430 e. The van der Waals surface area contributed by atoms with E-state index < -0.39 is 81.7 Å². The van der Waals surface area contributed by atoms with E-state index in [4.69, 9.17) is 13.9 Å². The lowest BCUT2D eigenvalue weighted by atomic mass is 9.90. The number of carbonyl (C=O) groups is 1. The summed E-state index contributed by atoms with van der Waals surface area (Å²) in [5, 5.41) is 19.6. The van der Waals surface area contributed by atoms with Crippen LogP contribution in [0.4, 0.5) is 41.2 Å². The lowest BCUT2D eigenvalue weighted by molar-refractivity contribution is -0.256. The van der Waals surface area contributed by atoms with E-state index in [9.17, 15) is 40.6 Å². The number of aliphatic hydroxyl groups is 1.